The van der Waals surface area contributed by atoms with E-state index in [1.807, 2.05) is 12.1 Å². The lowest BCUT2D eigenvalue weighted by molar-refractivity contribution is 0.0621. The Morgan fingerprint density at radius 1 is 1.27 bits per heavy atom. The number of aromatic hydroxyl groups is 1. The van der Waals surface area contributed by atoms with Gasteiger partial charge in [0.05, 0.1) is 12.7 Å². The molecule has 0 aromatic heterocycles. The van der Waals surface area contributed by atoms with Crippen LogP contribution in [0.1, 0.15) is 32.3 Å². The first kappa shape index (κ1) is 12.1. The molecule has 1 unspecified atom stereocenters. The summed E-state index contributed by atoms with van der Waals surface area (Å²) in [6.45, 7) is 5.03. The van der Waals surface area contributed by atoms with Crippen LogP contribution in [0.2, 0.25) is 0 Å². The molecule has 84 valence electrons. The van der Waals surface area contributed by atoms with Gasteiger partial charge in [0.15, 0.2) is 0 Å². The summed E-state index contributed by atoms with van der Waals surface area (Å²) in [5.74, 6) is 0.319. The van der Waals surface area contributed by atoms with Crippen LogP contribution < -0.4 is 0 Å². The second-order valence-corrected chi connectivity index (χ2v) is 3.89. The zero-order valence-electron chi connectivity index (χ0n) is 9.57. The van der Waals surface area contributed by atoms with E-state index in [9.17, 15) is 0 Å². The summed E-state index contributed by atoms with van der Waals surface area (Å²) in [5, 5.41) is 9.11. The predicted octanol–water partition coefficient (Wildman–Crippen LogP) is 3.14. The zero-order chi connectivity index (χ0) is 11.1. The Morgan fingerprint density at radius 2 is 1.93 bits per heavy atom. The summed E-state index contributed by atoms with van der Waals surface area (Å²) in [7, 11) is 0. The highest BCUT2D eigenvalue weighted by atomic mass is 16.5. The summed E-state index contributed by atoms with van der Waals surface area (Å²) in [6, 6.07) is 7.29. The molecule has 0 aliphatic heterocycles. The van der Waals surface area contributed by atoms with Gasteiger partial charge in [-0.25, -0.2) is 0 Å². The lowest BCUT2D eigenvalue weighted by Crippen LogP contribution is -2.10. The molecule has 0 aliphatic carbocycles. The third-order valence-electron chi connectivity index (χ3n) is 2.42. The predicted molar refractivity (Wildman–Crippen MR) is 62.1 cm³/mol. The van der Waals surface area contributed by atoms with E-state index >= 15 is 0 Å². The monoisotopic (exact) mass is 208 g/mol. The molecule has 0 saturated heterocycles. The summed E-state index contributed by atoms with van der Waals surface area (Å²) in [4.78, 5) is 0. The smallest absolute Gasteiger partial charge is 0.115 e. The number of hydrogen-bond acceptors (Lipinski definition) is 2. The zero-order valence-corrected chi connectivity index (χ0v) is 9.57. The second kappa shape index (κ2) is 6.46. The molecule has 2 nitrogen and oxygen atoms in total. The maximum atomic E-state index is 9.11. The van der Waals surface area contributed by atoms with E-state index in [0.29, 0.717) is 11.9 Å². The number of phenols is 1. The van der Waals surface area contributed by atoms with Crippen molar-refractivity contribution in [3.63, 3.8) is 0 Å². The van der Waals surface area contributed by atoms with E-state index in [1.54, 1.807) is 12.1 Å². The standard InChI is InChI=1S/C13H20O2/c1-3-4-11(2)15-10-9-12-5-7-13(14)8-6-12/h5-8,11,14H,3-4,9-10H2,1-2H3. The van der Waals surface area contributed by atoms with Crippen LogP contribution in [0.5, 0.6) is 5.75 Å². The van der Waals surface area contributed by atoms with Crippen LogP contribution in [0, 0.1) is 0 Å². The molecule has 0 bridgehead atoms. The molecular weight excluding hydrogens is 188 g/mol. The molecule has 0 radical (unpaired) electrons. The molecule has 0 saturated carbocycles. The summed E-state index contributed by atoms with van der Waals surface area (Å²) >= 11 is 0. The average molecular weight is 208 g/mol. The first-order valence-electron chi connectivity index (χ1n) is 5.62. The van der Waals surface area contributed by atoms with Crippen LogP contribution in [0.15, 0.2) is 24.3 Å². The Morgan fingerprint density at radius 3 is 2.53 bits per heavy atom. The topological polar surface area (TPSA) is 29.5 Å². The molecule has 0 fully saturated rings. The normalized spacial score (nSPS) is 12.7. The highest BCUT2D eigenvalue weighted by molar-refractivity contribution is 5.25. The third-order valence-corrected chi connectivity index (χ3v) is 2.42. The van der Waals surface area contributed by atoms with Gasteiger partial charge in [-0.2, -0.15) is 0 Å². The third kappa shape index (κ3) is 4.84. The largest absolute Gasteiger partial charge is 0.508 e. The van der Waals surface area contributed by atoms with Gasteiger partial charge in [-0.1, -0.05) is 25.5 Å². The number of phenolic OH excluding ortho intramolecular Hbond substituents is 1. The number of ether oxygens (including phenoxy) is 1. The van der Waals surface area contributed by atoms with Crippen molar-refractivity contribution >= 4 is 0 Å². The number of rotatable bonds is 6. The van der Waals surface area contributed by atoms with Crippen LogP contribution >= 0.6 is 0 Å². The molecule has 1 atom stereocenters. The van der Waals surface area contributed by atoms with Crippen LogP contribution in [0.3, 0.4) is 0 Å². The van der Waals surface area contributed by atoms with Crippen molar-refractivity contribution in [3.05, 3.63) is 29.8 Å². The minimum atomic E-state index is 0.319. The molecule has 0 amide bonds. The molecule has 0 spiro atoms. The fraction of sp³-hybridized carbons (Fsp3) is 0.538. The van der Waals surface area contributed by atoms with Crippen molar-refractivity contribution < 1.29 is 9.84 Å². The first-order chi connectivity index (χ1) is 7.22. The van der Waals surface area contributed by atoms with Gasteiger partial charge in [0, 0.05) is 0 Å². The Kier molecular flexibility index (Phi) is 5.19. The second-order valence-electron chi connectivity index (χ2n) is 3.89. The Labute approximate surface area is 91.9 Å². The molecule has 1 N–H and O–H groups in total. The fourth-order valence-corrected chi connectivity index (χ4v) is 1.53. The van der Waals surface area contributed by atoms with Crippen molar-refractivity contribution in [1.29, 1.82) is 0 Å². The lowest BCUT2D eigenvalue weighted by Gasteiger charge is -2.11. The van der Waals surface area contributed by atoms with Gasteiger partial charge >= 0.3 is 0 Å². The summed E-state index contributed by atoms with van der Waals surface area (Å²) < 4.78 is 5.65. The van der Waals surface area contributed by atoms with E-state index in [-0.39, 0.29) is 0 Å². The Hall–Kier alpha value is -1.02. The first-order valence-corrected chi connectivity index (χ1v) is 5.62. The van der Waals surface area contributed by atoms with Crippen molar-refractivity contribution in [2.75, 3.05) is 6.61 Å². The van der Waals surface area contributed by atoms with Crippen LogP contribution in [0.25, 0.3) is 0 Å². The fourth-order valence-electron chi connectivity index (χ4n) is 1.53. The van der Waals surface area contributed by atoms with Crippen LogP contribution in [-0.4, -0.2) is 17.8 Å². The lowest BCUT2D eigenvalue weighted by atomic mass is 10.1. The molecule has 1 aromatic rings. The molecular formula is C13H20O2. The summed E-state index contributed by atoms with van der Waals surface area (Å²) in [6.07, 6.45) is 3.55. The molecule has 1 aromatic carbocycles. The molecule has 0 aliphatic rings. The van der Waals surface area contributed by atoms with Gasteiger partial charge in [-0.05, 0) is 37.5 Å². The minimum absolute atomic E-state index is 0.319. The molecule has 2 heteroatoms. The van der Waals surface area contributed by atoms with Crippen molar-refractivity contribution in [3.8, 4) is 5.75 Å². The maximum Gasteiger partial charge on any atom is 0.115 e. The van der Waals surface area contributed by atoms with Gasteiger partial charge < -0.3 is 9.84 Å². The van der Waals surface area contributed by atoms with Crippen LogP contribution in [-0.2, 0) is 11.2 Å². The van der Waals surface area contributed by atoms with Gasteiger partial charge in [-0.15, -0.1) is 0 Å². The van der Waals surface area contributed by atoms with Crippen molar-refractivity contribution in [2.45, 2.75) is 39.2 Å². The molecule has 15 heavy (non-hydrogen) atoms. The average Bonchev–Trinajstić information content (AvgIpc) is 2.21. The van der Waals surface area contributed by atoms with E-state index < -0.39 is 0 Å². The van der Waals surface area contributed by atoms with E-state index in [2.05, 4.69) is 13.8 Å². The Balaban J connectivity index is 2.22. The quantitative estimate of drug-likeness (QED) is 0.778. The maximum absolute atomic E-state index is 9.11. The number of hydrogen-bond donors (Lipinski definition) is 1. The Bertz CT molecular complexity index is 266. The minimum Gasteiger partial charge on any atom is -0.508 e. The van der Waals surface area contributed by atoms with E-state index in [4.69, 9.17) is 9.84 Å². The van der Waals surface area contributed by atoms with Crippen molar-refractivity contribution in [2.24, 2.45) is 0 Å². The van der Waals surface area contributed by atoms with Gasteiger partial charge in [0.25, 0.3) is 0 Å². The van der Waals surface area contributed by atoms with Gasteiger partial charge in [0.1, 0.15) is 5.75 Å². The molecule has 1 rings (SSSR count). The van der Waals surface area contributed by atoms with Gasteiger partial charge in [0.2, 0.25) is 0 Å². The van der Waals surface area contributed by atoms with E-state index in [1.165, 1.54) is 12.0 Å². The van der Waals surface area contributed by atoms with Gasteiger partial charge in [-0.3, -0.25) is 0 Å². The van der Waals surface area contributed by atoms with Crippen molar-refractivity contribution in [1.82, 2.24) is 0 Å². The highest BCUT2D eigenvalue weighted by Gasteiger charge is 2.00. The highest BCUT2D eigenvalue weighted by Crippen LogP contribution is 2.10. The SMILES string of the molecule is CCCC(C)OCCc1ccc(O)cc1. The number of benzene rings is 1. The summed E-state index contributed by atoms with van der Waals surface area (Å²) in [5.41, 5.74) is 1.21. The van der Waals surface area contributed by atoms with Crippen LogP contribution in [0.4, 0.5) is 0 Å². The molecule has 0 heterocycles. The van der Waals surface area contributed by atoms with E-state index in [0.717, 1.165) is 19.4 Å².